The summed E-state index contributed by atoms with van der Waals surface area (Å²) in [5, 5.41) is 4.19. The van der Waals surface area contributed by atoms with Gasteiger partial charge in [0.15, 0.2) is 0 Å². The van der Waals surface area contributed by atoms with Crippen molar-refractivity contribution in [2.45, 2.75) is 26.7 Å². The third kappa shape index (κ3) is 3.27. The Morgan fingerprint density at radius 2 is 2.12 bits per heavy atom. The summed E-state index contributed by atoms with van der Waals surface area (Å²) in [5.41, 5.74) is 2.60. The summed E-state index contributed by atoms with van der Waals surface area (Å²) in [4.78, 5) is 4.48. The quantitative estimate of drug-likeness (QED) is 0.881. The van der Waals surface area contributed by atoms with Gasteiger partial charge in [0.05, 0.1) is 0 Å². The van der Waals surface area contributed by atoms with E-state index >= 15 is 0 Å². The van der Waals surface area contributed by atoms with Crippen molar-refractivity contribution in [1.82, 2.24) is 9.36 Å². The largest absolute Gasteiger partial charge is 0.360 e. The highest BCUT2D eigenvalue weighted by molar-refractivity contribution is 7.09. The van der Waals surface area contributed by atoms with E-state index in [9.17, 15) is 0 Å². The molecule has 0 aliphatic rings. The van der Waals surface area contributed by atoms with Gasteiger partial charge in [-0.1, -0.05) is 31.2 Å². The summed E-state index contributed by atoms with van der Waals surface area (Å²) in [6.07, 6.45) is 1.92. The SMILES string of the molecule is CCCNc1nc(Cc2ccccc2C)ns1. The maximum atomic E-state index is 4.48. The molecule has 0 amide bonds. The van der Waals surface area contributed by atoms with Crippen LogP contribution < -0.4 is 5.32 Å². The Hall–Kier alpha value is -1.42. The molecule has 1 aromatic heterocycles. The maximum Gasteiger partial charge on any atom is 0.202 e. The fraction of sp³-hybridized carbons (Fsp3) is 0.385. The van der Waals surface area contributed by atoms with E-state index in [1.165, 1.54) is 22.7 Å². The van der Waals surface area contributed by atoms with Gasteiger partial charge in [-0.3, -0.25) is 0 Å². The first-order valence-electron chi connectivity index (χ1n) is 5.90. The molecule has 17 heavy (non-hydrogen) atoms. The average molecular weight is 247 g/mol. The second-order valence-electron chi connectivity index (χ2n) is 4.05. The highest BCUT2D eigenvalue weighted by Crippen LogP contribution is 2.16. The molecule has 0 atom stereocenters. The number of aryl methyl sites for hydroxylation is 1. The number of hydrogen-bond donors (Lipinski definition) is 1. The molecule has 0 aliphatic heterocycles. The molecule has 0 saturated heterocycles. The summed E-state index contributed by atoms with van der Waals surface area (Å²) in [6.45, 7) is 5.22. The number of rotatable bonds is 5. The lowest BCUT2D eigenvalue weighted by atomic mass is 10.1. The second-order valence-corrected chi connectivity index (χ2v) is 4.80. The number of aromatic nitrogens is 2. The van der Waals surface area contributed by atoms with Crippen LogP contribution in [0.2, 0.25) is 0 Å². The monoisotopic (exact) mass is 247 g/mol. The topological polar surface area (TPSA) is 37.8 Å². The first kappa shape index (κ1) is 12.0. The standard InChI is InChI=1S/C13H17N3S/c1-3-8-14-13-15-12(16-17-13)9-11-7-5-4-6-10(11)2/h4-7H,3,8-9H2,1-2H3,(H,14,15,16). The van der Waals surface area contributed by atoms with Gasteiger partial charge >= 0.3 is 0 Å². The van der Waals surface area contributed by atoms with Crippen LogP contribution in [-0.2, 0) is 6.42 Å². The minimum Gasteiger partial charge on any atom is -0.360 e. The Kier molecular flexibility index (Phi) is 4.09. The molecule has 1 aromatic carbocycles. The van der Waals surface area contributed by atoms with Gasteiger partial charge in [0, 0.05) is 24.5 Å². The Morgan fingerprint density at radius 1 is 1.29 bits per heavy atom. The number of benzene rings is 1. The predicted molar refractivity (Wildman–Crippen MR) is 72.7 cm³/mol. The van der Waals surface area contributed by atoms with Crippen LogP contribution in [0.25, 0.3) is 0 Å². The Labute approximate surface area is 106 Å². The van der Waals surface area contributed by atoms with E-state index in [0.717, 1.165) is 30.3 Å². The molecule has 90 valence electrons. The van der Waals surface area contributed by atoms with Crippen molar-refractivity contribution < 1.29 is 0 Å². The van der Waals surface area contributed by atoms with Crippen LogP contribution >= 0.6 is 11.5 Å². The fourth-order valence-electron chi connectivity index (χ4n) is 1.61. The van der Waals surface area contributed by atoms with Crippen molar-refractivity contribution in [3.05, 3.63) is 41.2 Å². The van der Waals surface area contributed by atoms with Crippen molar-refractivity contribution in [3.63, 3.8) is 0 Å². The number of nitrogens with zero attached hydrogens (tertiary/aromatic N) is 2. The molecule has 2 rings (SSSR count). The van der Waals surface area contributed by atoms with Crippen LogP contribution in [0.1, 0.15) is 30.3 Å². The van der Waals surface area contributed by atoms with Gasteiger partial charge in [0.25, 0.3) is 0 Å². The van der Waals surface area contributed by atoms with E-state index < -0.39 is 0 Å². The molecule has 0 fully saturated rings. The first-order chi connectivity index (χ1) is 8.29. The Balaban J connectivity index is 2.04. The molecular weight excluding hydrogens is 230 g/mol. The van der Waals surface area contributed by atoms with Crippen LogP contribution in [0, 0.1) is 6.92 Å². The molecular formula is C13H17N3S. The molecule has 0 aliphatic carbocycles. The summed E-state index contributed by atoms with van der Waals surface area (Å²) in [6, 6.07) is 8.37. The first-order valence-corrected chi connectivity index (χ1v) is 6.68. The number of nitrogens with one attached hydrogen (secondary N) is 1. The molecule has 1 heterocycles. The van der Waals surface area contributed by atoms with Crippen LogP contribution in [0.3, 0.4) is 0 Å². The maximum absolute atomic E-state index is 4.48. The number of hydrogen-bond acceptors (Lipinski definition) is 4. The van der Waals surface area contributed by atoms with Gasteiger partial charge in [0.1, 0.15) is 5.82 Å². The highest BCUT2D eigenvalue weighted by Gasteiger charge is 2.05. The van der Waals surface area contributed by atoms with E-state index in [0.29, 0.717) is 0 Å². The van der Waals surface area contributed by atoms with Gasteiger partial charge in [-0.25, -0.2) is 4.98 Å². The molecule has 4 heteroatoms. The van der Waals surface area contributed by atoms with Gasteiger partial charge < -0.3 is 5.32 Å². The van der Waals surface area contributed by atoms with Gasteiger partial charge in [-0.05, 0) is 24.5 Å². The lowest BCUT2D eigenvalue weighted by Crippen LogP contribution is -1.99. The zero-order chi connectivity index (χ0) is 12.1. The Morgan fingerprint density at radius 3 is 2.88 bits per heavy atom. The van der Waals surface area contributed by atoms with E-state index in [-0.39, 0.29) is 0 Å². The fourth-order valence-corrected chi connectivity index (χ4v) is 2.22. The molecule has 1 N–H and O–H groups in total. The van der Waals surface area contributed by atoms with Crippen LogP contribution in [0.5, 0.6) is 0 Å². The van der Waals surface area contributed by atoms with Crippen molar-refractivity contribution >= 4 is 16.7 Å². The molecule has 0 radical (unpaired) electrons. The lowest BCUT2D eigenvalue weighted by Gasteiger charge is -2.01. The second kappa shape index (κ2) is 5.77. The van der Waals surface area contributed by atoms with E-state index in [1.54, 1.807) is 0 Å². The zero-order valence-electron chi connectivity index (χ0n) is 10.2. The zero-order valence-corrected chi connectivity index (χ0v) is 11.0. The summed E-state index contributed by atoms with van der Waals surface area (Å²) < 4.78 is 4.37. The van der Waals surface area contributed by atoms with Gasteiger partial charge in [-0.15, -0.1) is 0 Å². The summed E-state index contributed by atoms with van der Waals surface area (Å²) in [5.74, 6) is 0.905. The molecule has 0 saturated carbocycles. The van der Waals surface area contributed by atoms with E-state index in [4.69, 9.17) is 0 Å². The molecule has 3 nitrogen and oxygen atoms in total. The Bertz CT molecular complexity index is 479. The van der Waals surface area contributed by atoms with Crippen molar-refractivity contribution in [1.29, 1.82) is 0 Å². The molecule has 2 aromatic rings. The average Bonchev–Trinajstić information content (AvgIpc) is 2.77. The normalized spacial score (nSPS) is 10.5. The minimum atomic E-state index is 0.816. The lowest BCUT2D eigenvalue weighted by molar-refractivity contribution is 0.965. The number of anilines is 1. The van der Waals surface area contributed by atoms with Crippen molar-refractivity contribution in [2.24, 2.45) is 0 Å². The molecule has 0 unspecified atom stereocenters. The van der Waals surface area contributed by atoms with Crippen LogP contribution in [0.4, 0.5) is 5.13 Å². The summed E-state index contributed by atoms with van der Waals surface area (Å²) >= 11 is 1.44. The highest BCUT2D eigenvalue weighted by atomic mass is 32.1. The third-order valence-corrected chi connectivity index (χ3v) is 3.31. The smallest absolute Gasteiger partial charge is 0.202 e. The van der Waals surface area contributed by atoms with Crippen LogP contribution in [0.15, 0.2) is 24.3 Å². The summed E-state index contributed by atoms with van der Waals surface area (Å²) in [7, 11) is 0. The van der Waals surface area contributed by atoms with Crippen LogP contribution in [-0.4, -0.2) is 15.9 Å². The predicted octanol–water partition coefficient (Wildman–Crippen LogP) is 3.26. The molecule has 0 bridgehead atoms. The van der Waals surface area contributed by atoms with E-state index in [2.05, 4.69) is 52.8 Å². The molecule has 0 spiro atoms. The van der Waals surface area contributed by atoms with Gasteiger partial charge in [0.2, 0.25) is 5.13 Å². The van der Waals surface area contributed by atoms with E-state index in [1.807, 2.05) is 0 Å². The van der Waals surface area contributed by atoms with Crippen molar-refractivity contribution in [3.8, 4) is 0 Å². The van der Waals surface area contributed by atoms with Gasteiger partial charge in [-0.2, -0.15) is 4.37 Å². The van der Waals surface area contributed by atoms with Crippen molar-refractivity contribution in [2.75, 3.05) is 11.9 Å². The minimum absolute atomic E-state index is 0.816. The third-order valence-electron chi connectivity index (χ3n) is 2.60.